The van der Waals surface area contributed by atoms with E-state index in [-0.39, 0.29) is 5.78 Å². The highest BCUT2D eigenvalue weighted by Gasteiger charge is 2.23. The van der Waals surface area contributed by atoms with Gasteiger partial charge in [0.15, 0.2) is 5.78 Å². The van der Waals surface area contributed by atoms with Gasteiger partial charge in [0.2, 0.25) is 0 Å². The van der Waals surface area contributed by atoms with E-state index in [0.29, 0.717) is 0 Å². The second-order valence-corrected chi connectivity index (χ2v) is 4.42. The van der Waals surface area contributed by atoms with Gasteiger partial charge >= 0.3 is 0 Å². The van der Waals surface area contributed by atoms with E-state index in [9.17, 15) is 4.79 Å². The summed E-state index contributed by atoms with van der Waals surface area (Å²) in [6, 6.07) is 6.13. The fraction of sp³-hybridized carbons (Fsp3) is 0.357. The molecular weight excluding hydrogens is 184 g/mol. The number of carbonyl (C=O) groups is 1. The number of carbonyl (C=O) groups excluding carboxylic acids is 1. The zero-order chi connectivity index (χ0) is 11.0. The van der Waals surface area contributed by atoms with Crippen LogP contribution < -0.4 is 0 Å². The molecule has 0 bridgehead atoms. The van der Waals surface area contributed by atoms with E-state index in [4.69, 9.17) is 0 Å². The quantitative estimate of drug-likeness (QED) is 0.586. The van der Waals surface area contributed by atoms with Crippen LogP contribution in [0, 0.1) is 6.92 Å². The van der Waals surface area contributed by atoms with Crippen molar-refractivity contribution in [1.29, 1.82) is 0 Å². The monoisotopic (exact) mass is 200 g/mol. The first-order chi connectivity index (χ1) is 7.11. The molecule has 0 fully saturated rings. The predicted molar refractivity (Wildman–Crippen MR) is 62.2 cm³/mol. The zero-order valence-corrected chi connectivity index (χ0v) is 9.55. The molecule has 0 unspecified atom stereocenters. The van der Waals surface area contributed by atoms with Crippen molar-refractivity contribution in [3.05, 3.63) is 46.0 Å². The Morgan fingerprint density at radius 3 is 2.60 bits per heavy atom. The van der Waals surface area contributed by atoms with Gasteiger partial charge in [-0.2, -0.15) is 0 Å². The normalized spacial score (nSPS) is 15.1. The number of hydrogen-bond acceptors (Lipinski definition) is 1. The topological polar surface area (TPSA) is 17.1 Å². The van der Waals surface area contributed by atoms with Crippen molar-refractivity contribution >= 4 is 5.78 Å². The Morgan fingerprint density at radius 2 is 1.93 bits per heavy atom. The average molecular weight is 200 g/mol. The Kier molecular flexibility index (Phi) is 2.47. The van der Waals surface area contributed by atoms with Crippen LogP contribution in [-0.4, -0.2) is 5.78 Å². The Bertz CT molecular complexity index is 448. The van der Waals surface area contributed by atoms with Crippen LogP contribution in [0.2, 0.25) is 0 Å². The summed E-state index contributed by atoms with van der Waals surface area (Å²) in [5.74, 6) is 0.245. The van der Waals surface area contributed by atoms with Crippen molar-refractivity contribution in [2.45, 2.75) is 33.6 Å². The van der Waals surface area contributed by atoms with Gasteiger partial charge in [-0.25, -0.2) is 0 Å². The van der Waals surface area contributed by atoms with Gasteiger partial charge in [0, 0.05) is 5.56 Å². The van der Waals surface area contributed by atoms with Crippen LogP contribution >= 0.6 is 0 Å². The fourth-order valence-corrected chi connectivity index (χ4v) is 2.26. The standard InChI is InChI=1S/C14H16O/c1-9(2)12-8-7-11-6-4-5-10(3)13(11)14(12)15/h4-6H,7-8H2,1-3H3. The highest BCUT2D eigenvalue weighted by atomic mass is 16.1. The molecule has 0 radical (unpaired) electrons. The van der Waals surface area contributed by atoms with Crippen molar-refractivity contribution in [3.8, 4) is 0 Å². The molecule has 1 nitrogen and oxygen atoms in total. The minimum Gasteiger partial charge on any atom is -0.289 e. The van der Waals surface area contributed by atoms with Gasteiger partial charge in [-0.05, 0) is 50.3 Å². The molecular formula is C14H16O. The summed E-state index contributed by atoms with van der Waals surface area (Å²) in [5.41, 5.74) is 5.44. The molecule has 1 aliphatic rings. The molecule has 0 saturated heterocycles. The molecule has 0 spiro atoms. The molecule has 0 N–H and O–H groups in total. The lowest BCUT2D eigenvalue weighted by molar-refractivity contribution is 0.102. The summed E-state index contributed by atoms with van der Waals surface area (Å²) in [6.07, 6.45) is 1.90. The molecule has 0 saturated carbocycles. The fourth-order valence-electron chi connectivity index (χ4n) is 2.26. The van der Waals surface area contributed by atoms with E-state index in [1.165, 1.54) is 5.56 Å². The van der Waals surface area contributed by atoms with E-state index in [2.05, 4.69) is 6.07 Å². The van der Waals surface area contributed by atoms with Gasteiger partial charge in [-0.3, -0.25) is 4.79 Å². The zero-order valence-electron chi connectivity index (χ0n) is 9.55. The molecule has 0 heterocycles. The van der Waals surface area contributed by atoms with Crippen LogP contribution in [-0.2, 0) is 6.42 Å². The largest absolute Gasteiger partial charge is 0.289 e. The van der Waals surface area contributed by atoms with Gasteiger partial charge in [0.05, 0.1) is 0 Å². The third-order valence-corrected chi connectivity index (χ3v) is 3.11. The summed E-state index contributed by atoms with van der Waals surface area (Å²) >= 11 is 0. The number of benzene rings is 1. The second kappa shape index (κ2) is 3.65. The molecule has 0 aliphatic heterocycles. The van der Waals surface area contributed by atoms with E-state index in [1.54, 1.807) is 0 Å². The number of Topliss-reactive ketones (excluding diaryl/α,β-unsaturated/α-hetero) is 1. The molecule has 0 amide bonds. The predicted octanol–water partition coefficient (Wildman–Crippen LogP) is 3.46. The third-order valence-electron chi connectivity index (χ3n) is 3.11. The van der Waals surface area contributed by atoms with E-state index < -0.39 is 0 Å². The summed E-state index contributed by atoms with van der Waals surface area (Å²) < 4.78 is 0. The van der Waals surface area contributed by atoms with Crippen molar-refractivity contribution < 1.29 is 4.79 Å². The Hall–Kier alpha value is -1.37. The summed E-state index contributed by atoms with van der Waals surface area (Å²) in [5, 5.41) is 0. The lowest BCUT2D eigenvalue weighted by Crippen LogP contribution is -2.16. The van der Waals surface area contributed by atoms with Gasteiger partial charge in [-0.15, -0.1) is 0 Å². The van der Waals surface area contributed by atoms with Gasteiger partial charge in [0.1, 0.15) is 0 Å². The van der Waals surface area contributed by atoms with Crippen LogP contribution in [0.4, 0.5) is 0 Å². The van der Waals surface area contributed by atoms with Gasteiger partial charge < -0.3 is 0 Å². The van der Waals surface area contributed by atoms with E-state index in [0.717, 1.165) is 35.1 Å². The van der Waals surface area contributed by atoms with Crippen molar-refractivity contribution in [2.75, 3.05) is 0 Å². The maximum Gasteiger partial charge on any atom is 0.189 e. The van der Waals surface area contributed by atoms with Crippen LogP contribution in [0.1, 0.15) is 41.8 Å². The second-order valence-electron chi connectivity index (χ2n) is 4.42. The molecule has 0 atom stereocenters. The minimum absolute atomic E-state index is 0.245. The first-order valence-electron chi connectivity index (χ1n) is 5.41. The number of allylic oxidation sites excluding steroid dienone is 2. The molecule has 1 aliphatic carbocycles. The molecule has 0 aromatic heterocycles. The molecule has 78 valence electrons. The maximum absolute atomic E-state index is 12.2. The first kappa shape index (κ1) is 10.2. The lowest BCUT2D eigenvalue weighted by atomic mass is 9.83. The van der Waals surface area contributed by atoms with E-state index in [1.807, 2.05) is 32.9 Å². The molecule has 1 aromatic rings. The average Bonchev–Trinajstić information content (AvgIpc) is 2.17. The van der Waals surface area contributed by atoms with Crippen molar-refractivity contribution in [1.82, 2.24) is 0 Å². The Labute approximate surface area is 90.8 Å². The summed E-state index contributed by atoms with van der Waals surface area (Å²) in [6.45, 7) is 6.07. The van der Waals surface area contributed by atoms with Gasteiger partial charge in [-0.1, -0.05) is 23.8 Å². The molecule has 15 heavy (non-hydrogen) atoms. The first-order valence-corrected chi connectivity index (χ1v) is 5.41. The van der Waals surface area contributed by atoms with Crippen molar-refractivity contribution in [2.24, 2.45) is 0 Å². The maximum atomic E-state index is 12.2. The number of fused-ring (bicyclic) bond motifs is 1. The van der Waals surface area contributed by atoms with Crippen LogP contribution in [0.5, 0.6) is 0 Å². The number of hydrogen-bond donors (Lipinski definition) is 0. The Balaban J connectivity index is 2.60. The van der Waals surface area contributed by atoms with Crippen LogP contribution in [0.15, 0.2) is 29.3 Å². The van der Waals surface area contributed by atoms with Crippen LogP contribution in [0.3, 0.4) is 0 Å². The number of rotatable bonds is 0. The molecule has 1 heteroatoms. The highest BCUT2D eigenvalue weighted by Crippen LogP contribution is 2.28. The summed E-state index contributed by atoms with van der Waals surface area (Å²) in [7, 11) is 0. The highest BCUT2D eigenvalue weighted by molar-refractivity contribution is 6.12. The van der Waals surface area contributed by atoms with Crippen molar-refractivity contribution in [3.63, 3.8) is 0 Å². The van der Waals surface area contributed by atoms with Gasteiger partial charge in [0.25, 0.3) is 0 Å². The molecule has 2 rings (SSSR count). The van der Waals surface area contributed by atoms with Crippen LogP contribution in [0.25, 0.3) is 0 Å². The third kappa shape index (κ3) is 1.63. The number of ketones is 1. The lowest BCUT2D eigenvalue weighted by Gasteiger charge is -2.20. The number of aryl methyl sites for hydroxylation is 2. The smallest absolute Gasteiger partial charge is 0.189 e. The Morgan fingerprint density at radius 1 is 1.20 bits per heavy atom. The minimum atomic E-state index is 0.245. The van der Waals surface area contributed by atoms with E-state index >= 15 is 0 Å². The molecule has 1 aromatic carbocycles. The SMILES string of the molecule is CC(C)=C1CCc2cccc(C)c2C1=O. The summed E-state index contributed by atoms with van der Waals surface area (Å²) in [4.78, 5) is 12.2.